The van der Waals surface area contributed by atoms with E-state index in [2.05, 4.69) is 19.2 Å². The van der Waals surface area contributed by atoms with Gasteiger partial charge in [0.2, 0.25) is 0 Å². The molecule has 2 aliphatic rings. The minimum absolute atomic E-state index is 0.641. The van der Waals surface area contributed by atoms with Crippen LogP contribution >= 0.6 is 0 Å². The summed E-state index contributed by atoms with van der Waals surface area (Å²) in [6.45, 7) is 6.58. The first-order valence-electron chi connectivity index (χ1n) is 6.09. The summed E-state index contributed by atoms with van der Waals surface area (Å²) in [5.74, 6) is 1.84. The molecule has 0 radical (unpaired) electrons. The maximum absolute atomic E-state index is 5.46. The second-order valence-electron chi connectivity index (χ2n) is 5.25. The molecular weight excluding hydrogens is 174 g/mol. The zero-order valence-corrected chi connectivity index (χ0v) is 9.46. The van der Waals surface area contributed by atoms with E-state index in [1.165, 1.54) is 25.7 Å². The molecule has 0 unspecified atom stereocenters. The summed E-state index contributed by atoms with van der Waals surface area (Å²) in [6, 6.07) is 1.43. The maximum atomic E-state index is 5.46. The molecule has 0 aromatic heterocycles. The van der Waals surface area contributed by atoms with Crippen molar-refractivity contribution in [1.29, 1.82) is 0 Å². The molecule has 1 N–H and O–H groups in total. The molecule has 2 nitrogen and oxygen atoms in total. The van der Waals surface area contributed by atoms with E-state index in [0.717, 1.165) is 31.1 Å². The fourth-order valence-corrected chi connectivity index (χ4v) is 2.55. The number of ether oxygens (including phenoxy) is 1. The SMILES string of the molecule is CC(C)C1CC(N[C@H]2CCCOC2)C1. The first-order chi connectivity index (χ1) is 6.75. The van der Waals surface area contributed by atoms with Crippen molar-refractivity contribution in [3.8, 4) is 0 Å². The van der Waals surface area contributed by atoms with E-state index in [9.17, 15) is 0 Å². The Bertz CT molecular complexity index is 169. The van der Waals surface area contributed by atoms with Gasteiger partial charge in [0.1, 0.15) is 0 Å². The average molecular weight is 197 g/mol. The van der Waals surface area contributed by atoms with Gasteiger partial charge in [-0.1, -0.05) is 13.8 Å². The Morgan fingerprint density at radius 2 is 2.00 bits per heavy atom. The van der Waals surface area contributed by atoms with Crippen LogP contribution in [0.4, 0.5) is 0 Å². The minimum Gasteiger partial charge on any atom is -0.380 e. The van der Waals surface area contributed by atoms with E-state index >= 15 is 0 Å². The van der Waals surface area contributed by atoms with Gasteiger partial charge in [-0.15, -0.1) is 0 Å². The highest BCUT2D eigenvalue weighted by molar-refractivity contribution is 4.89. The van der Waals surface area contributed by atoms with E-state index in [0.29, 0.717) is 6.04 Å². The Morgan fingerprint density at radius 1 is 1.21 bits per heavy atom. The van der Waals surface area contributed by atoms with E-state index in [-0.39, 0.29) is 0 Å². The van der Waals surface area contributed by atoms with Gasteiger partial charge in [-0.2, -0.15) is 0 Å². The van der Waals surface area contributed by atoms with Crippen LogP contribution in [0.1, 0.15) is 39.5 Å². The van der Waals surface area contributed by atoms with Gasteiger partial charge in [-0.3, -0.25) is 0 Å². The predicted octanol–water partition coefficient (Wildman–Crippen LogP) is 2.19. The number of hydrogen-bond donors (Lipinski definition) is 1. The molecule has 2 rings (SSSR count). The van der Waals surface area contributed by atoms with Gasteiger partial charge >= 0.3 is 0 Å². The molecule has 14 heavy (non-hydrogen) atoms. The molecule has 0 amide bonds. The van der Waals surface area contributed by atoms with Crippen molar-refractivity contribution in [3.05, 3.63) is 0 Å². The van der Waals surface area contributed by atoms with Gasteiger partial charge in [0.25, 0.3) is 0 Å². The lowest BCUT2D eigenvalue weighted by Crippen LogP contribution is -2.50. The van der Waals surface area contributed by atoms with Crippen molar-refractivity contribution < 1.29 is 4.74 Å². The average Bonchev–Trinajstić information content (AvgIpc) is 2.12. The highest BCUT2D eigenvalue weighted by atomic mass is 16.5. The zero-order chi connectivity index (χ0) is 9.97. The van der Waals surface area contributed by atoms with Gasteiger partial charge in [0.15, 0.2) is 0 Å². The molecule has 2 fully saturated rings. The molecule has 0 bridgehead atoms. The molecule has 1 aliphatic heterocycles. The standard InChI is InChI=1S/C12H23NO/c1-9(2)10-6-12(7-10)13-11-4-3-5-14-8-11/h9-13H,3-8H2,1-2H3/t10?,11-,12?/m0/s1. The van der Waals surface area contributed by atoms with Crippen LogP contribution in [0.2, 0.25) is 0 Å². The van der Waals surface area contributed by atoms with E-state index in [1.54, 1.807) is 0 Å². The predicted molar refractivity (Wildman–Crippen MR) is 58.3 cm³/mol. The Labute approximate surface area is 87.4 Å². The Hall–Kier alpha value is -0.0800. The van der Waals surface area contributed by atoms with Crippen LogP contribution in [0.5, 0.6) is 0 Å². The fourth-order valence-electron chi connectivity index (χ4n) is 2.55. The summed E-state index contributed by atoms with van der Waals surface area (Å²) in [5, 5.41) is 3.72. The van der Waals surface area contributed by atoms with E-state index in [4.69, 9.17) is 4.74 Å². The molecular formula is C12H23NO. The Balaban J connectivity index is 1.63. The van der Waals surface area contributed by atoms with Crippen molar-refractivity contribution in [1.82, 2.24) is 5.32 Å². The van der Waals surface area contributed by atoms with Crippen LogP contribution in [-0.4, -0.2) is 25.3 Å². The summed E-state index contributed by atoms with van der Waals surface area (Å²) in [4.78, 5) is 0. The topological polar surface area (TPSA) is 21.3 Å². The van der Waals surface area contributed by atoms with Gasteiger partial charge in [0, 0.05) is 18.7 Å². The number of rotatable bonds is 3. The van der Waals surface area contributed by atoms with Crippen molar-refractivity contribution in [2.45, 2.75) is 51.6 Å². The molecule has 1 aliphatic carbocycles. The molecule has 0 aromatic rings. The van der Waals surface area contributed by atoms with Gasteiger partial charge in [-0.25, -0.2) is 0 Å². The monoisotopic (exact) mass is 197 g/mol. The smallest absolute Gasteiger partial charge is 0.0619 e. The molecule has 1 saturated heterocycles. The number of nitrogens with one attached hydrogen (secondary N) is 1. The molecule has 0 spiro atoms. The molecule has 2 heteroatoms. The summed E-state index contributed by atoms with van der Waals surface area (Å²) in [5.41, 5.74) is 0. The highest BCUT2D eigenvalue weighted by Gasteiger charge is 2.32. The van der Waals surface area contributed by atoms with Crippen molar-refractivity contribution in [2.24, 2.45) is 11.8 Å². The van der Waals surface area contributed by atoms with E-state index < -0.39 is 0 Å². The van der Waals surface area contributed by atoms with Crippen molar-refractivity contribution >= 4 is 0 Å². The summed E-state index contributed by atoms with van der Waals surface area (Å²) in [6.07, 6.45) is 5.31. The normalized spacial score (nSPS) is 38.4. The fraction of sp³-hybridized carbons (Fsp3) is 1.00. The van der Waals surface area contributed by atoms with Crippen LogP contribution in [0.3, 0.4) is 0 Å². The summed E-state index contributed by atoms with van der Waals surface area (Å²) < 4.78 is 5.46. The minimum atomic E-state index is 0.641. The van der Waals surface area contributed by atoms with E-state index in [1.807, 2.05) is 0 Å². The lowest BCUT2D eigenvalue weighted by Gasteiger charge is -2.41. The first kappa shape index (κ1) is 10.4. The third-order valence-corrected chi connectivity index (χ3v) is 3.75. The van der Waals surface area contributed by atoms with Crippen molar-refractivity contribution in [3.63, 3.8) is 0 Å². The highest BCUT2D eigenvalue weighted by Crippen LogP contribution is 2.34. The van der Waals surface area contributed by atoms with Crippen LogP contribution in [0.25, 0.3) is 0 Å². The van der Waals surface area contributed by atoms with Crippen molar-refractivity contribution in [2.75, 3.05) is 13.2 Å². The van der Waals surface area contributed by atoms with Crippen LogP contribution in [0.15, 0.2) is 0 Å². The summed E-state index contributed by atoms with van der Waals surface area (Å²) >= 11 is 0. The Kier molecular flexibility index (Phi) is 3.45. The largest absolute Gasteiger partial charge is 0.380 e. The van der Waals surface area contributed by atoms with Gasteiger partial charge in [0.05, 0.1) is 6.61 Å². The lowest BCUT2D eigenvalue weighted by molar-refractivity contribution is 0.0523. The molecule has 82 valence electrons. The van der Waals surface area contributed by atoms with Gasteiger partial charge in [-0.05, 0) is 37.5 Å². The third kappa shape index (κ3) is 2.48. The lowest BCUT2D eigenvalue weighted by atomic mass is 9.73. The number of hydrogen-bond acceptors (Lipinski definition) is 2. The van der Waals surface area contributed by atoms with Crippen LogP contribution < -0.4 is 5.32 Å². The summed E-state index contributed by atoms with van der Waals surface area (Å²) in [7, 11) is 0. The molecule has 1 heterocycles. The molecule has 0 aromatic carbocycles. The third-order valence-electron chi connectivity index (χ3n) is 3.75. The first-order valence-corrected chi connectivity index (χ1v) is 6.09. The van der Waals surface area contributed by atoms with Crippen LogP contribution in [-0.2, 0) is 4.74 Å². The molecule has 1 atom stereocenters. The maximum Gasteiger partial charge on any atom is 0.0619 e. The molecule has 1 saturated carbocycles. The Morgan fingerprint density at radius 3 is 2.57 bits per heavy atom. The van der Waals surface area contributed by atoms with Gasteiger partial charge < -0.3 is 10.1 Å². The second kappa shape index (κ2) is 4.63. The second-order valence-corrected chi connectivity index (χ2v) is 5.25. The zero-order valence-electron chi connectivity index (χ0n) is 9.46. The van der Waals surface area contributed by atoms with Crippen LogP contribution in [0, 0.1) is 11.8 Å². The quantitative estimate of drug-likeness (QED) is 0.749.